The first-order valence-electron chi connectivity index (χ1n) is 7.01. The number of aromatic nitrogens is 1. The lowest BCUT2D eigenvalue weighted by atomic mass is 10.0. The third-order valence-electron chi connectivity index (χ3n) is 3.60. The molecule has 1 aromatic carbocycles. The molecule has 4 heteroatoms. The first-order chi connectivity index (χ1) is 9.15. The Morgan fingerprint density at radius 1 is 1.30 bits per heavy atom. The fourth-order valence-electron chi connectivity index (χ4n) is 2.53. The van der Waals surface area contributed by atoms with Crippen LogP contribution >= 0.6 is 12.4 Å². The van der Waals surface area contributed by atoms with Crippen LogP contribution in [0.3, 0.4) is 0 Å². The van der Waals surface area contributed by atoms with Gasteiger partial charge in [-0.25, -0.2) is 0 Å². The Morgan fingerprint density at radius 3 is 2.65 bits per heavy atom. The van der Waals surface area contributed by atoms with Crippen LogP contribution in [0.4, 0.5) is 0 Å². The fourth-order valence-corrected chi connectivity index (χ4v) is 2.53. The highest BCUT2D eigenvalue weighted by atomic mass is 35.5. The highest BCUT2D eigenvalue weighted by molar-refractivity contribution is 5.93. The number of hydrogen-bond donors (Lipinski definition) is 1. The van der Waals surface area contributed by atoms with Gasteiger partial charge >= 0.3 is 0 Å². The molecule has 2 rings (SSSR count). The van der Waals surface area contributed by atoms with Crippen LogP contribution in [0.25, 0.3) is 10.9 Å². The summed E-state index contributed by atoms with van der Waals surface area (Å²) in [5.74, 6) is 0.0307. The second-order valence-electron chi connectivity index (χ2n) is 5.09. The first-order valence-corrected chi connectivity index (χ1v) is 7.01. The van der Waals surface area contributed by atoms with E-state index in [1.165, 1.54) is 12.8 Å². The Morgan fingerprint density at radius 2 is 2.00 bits per heavy atom. The molecule has 0 saturated heterocycles. The van der Waals surface area contributed by atoms with Crippen LogP contribution in [0, 0.1) is 0 Å². The number of fused-ring (bicyclic) bond motifs is 1. The highest BCUT2D eigenvalue weighted by Crippen LogP contribution is 2.28. The summed E-state index contributed by atoms with van der Waals surface area (Å²) in [6, 6.07) is 7.98. The number of unbranched alkanes of at least 4 members (excludes halogenated alkanes) is 2. The Bertz CT molecular complexity index is 577. The summed E-state index contributed by atoms with van der Waals surface area (Å²) < 4.78 is 1.70. The van der Waals surface area contributed by atoms with E-state index in [0.29, 0.717) is 0 Å². The third kappa shape index (κ3) is 3.41. The van der Waals surface area contributed by atoms with E-state index in [4.69, 9.17) is 5.73 Å². The van der Waals surface area contributed by atoms with Crippen molar-refractivity contribution in [2.75, 3.05) is 0 Å². The summed E-state index contributed by atoms with van der Waals surface area (Å²) in [6.45, 7) is 3.77. The minimum absolute atomic E-state index is 0. The van der Waals surface area contributed by atoms with Crippen LogP contribution in [0.5, 0.6) is 0 Å². The van der Waals surface area contributed by atoms with Gasteiger partial charge in [-0.15, -0.1) is 12.4 Å². The van der Waals surface area contributed by atoms with E-state index in [9.17, 15) is 4.79 Å². The number of rotatable bonds is 5. The molecular weight excluding hydrogens is 272 g/mol. The quantitative estimate of drug-likeness (QED) is 0.836. The second-order valence-corrected chi connectivity index (χ2v) is 5.09. The van der Waals surface area contributed by atoms with Gasteiger partial charge < -0.3 is 5.73 Å². The maximum absolute atomic E-state index is 11.7. The van der Waals surface area contributed by atoms with Gasteiger partial charge in [0.05, 0.1) is 5.52 Å². The lowest BCUT2D eigenvalue weighted by Gasteiger charge is -2.10. The van der Waals surface area contributed by atoms with Crippen molar-refractivity contribution in [3.63, 3.8) is 0 Å². The predicted octanol–water partition coefficient (Wildman–Crippen LogP) is 4.30. The topological polar surface area (TPSA) is 48.0 Å². The Labute approximate surface area is 126 Å². The molecule has 0 unspecified atom stereocenters. The SMILES string of the molecule is CCCCC[C@@H](N)c1cn(C(C)=O)c2ccccc12.Cl. The van der Waals surface area contributed by atoms with Gasteiger partial charge in [0.2, 0.25) is 5.91 Å². The molecule has 20 heavy (non-hydrogen) atoms. The van der Waals surface area contributed by atoms with Gasteiger partial charge in [-0.2, -0.15) is 0 Å². The summed E-state index contributed by atoms with van der Waals surface area (Å²) in [6.07, 6.45) is 6.42. The van der Waals surface area contributed by atoms with Crippen LogP contribution in [-0.4, -0.2) is 10.5 Å². The molecule has 0 aliphatic rings. The van der Waals surface area contributed by atoms with Crippen molar-refractivity contribution in [1.82, 2.24) is 4.57 Å². The lowest BCUT2D eigenvalue weighted by Crippen LogP contribution is -2.10. The van der Waals surface area contributed by atoms with E-state index in [2.05, 4.69) is 6.92 Å². The minimum Gasteiger partial charge on any atom is -0.324 e. The molecule has 0 aliphatic carbocycles. The summed E-state index contributed by atoms with van der Waals surface area (Å²) in [7, 11) is 0. The van der Waals surface area contributed by atoms with Crippen molar-refractivity contribution in [3.05, 3.63) is 36.0 Å². The van der Waals surface area contributed by atoms with E-state index in [0.717, 1.165) is 29.3 Å². The Balaban J connectivity index is 0.00000200. The molecule has 0 radical (unpaired) electrons. The number of carbonyl (C=O) groups excluding carboxylic acids is 1. The number of nitrogens with two attached hydrogens (primary N) is 1. The van der Waals surface area contributed by atoms with E-state index < -0.39 is 0 Å². The van der Waals surface area contributed by atoms with Crippen LogP contribution in [0.15, 0.2) is 30.5 Å². The largest absolute Gasteiger partial charge is 0.324 e. The number of para-hydroxylation sites is 1. The van der Waals surface area contributed by atoms with Gasteiger partial charge in [0.15, 0.2) is 0 Å². The summed E-state index contributed by atoms with van der Waals surface area (Å²) in [4.78, 5) is 11.7. The zero-order valence-electron chi connectivity index (χ0n) is 12.1. The van der Waals surface area contributed by atoms with Crippen molar-refractivity contribution < 1.29 is 4.79 Å². The molecule has 0 fully saturated rings. The zero-order valence-corrected chi connectivity index (χ0v) is 13.0. The summed E-state index contributed by atoms with van der Waals surface area (Å²) >= 11 is 0. The van der Waals surface area contributed by atoms with Crippen LogP contribution < -0.4 is 5.73 Å². The van der Waals surface area contributed by atoms with Crippen LogP contribution in [0.1, 0.15) is 55.9 Å². The van der Waals surface area contributed by atoms with Crippen molar-refractivity contribution in [2.45, 2.75) is 45.6 Å². The van der Waals surface area contributed by atoms with Gasteiger partial charge in [-0.1, -0.05) is 44.4 Å². The number of nitrogens with zero attached hydrogens (tertiary/aromatic N) is 1. The number of carbonyl (C=O) groups is 1. The molecule has 1 heterocycles. The van der Waals surface area contributed by atoms with Crippen molar-refractivity contribution in [1.29, 1.82) is 0 Å². The van der Waals surface area contributed by atoms with E-state index in [1.807, 2.05) is 30.5 Å². The maximum Gasteiger partial charge on any atom is 0.227 e. The molecule has 2 N–H and O–H groups in total. The first kappa shape index (κ1) is 16.7. The average Bonchev–Trinajstić information content (AvgIpc) is 2.78. The highest BCUT2D eigenvalue weighted by Gasteiger charge is 2.15. The fraction of sp³-hybridized carbons (Fsp3) is 0.438. The van der Waals surface area contributed by atoms with Crippen molar-refractivity contribution >= 4 is 29.2 Å². The second kappa shape index (κ2) is 7.46. The number of benzene rings is 1. The molecule has 0 saturated carbocycles. The smallest absolute Gasteiger partial charge is 0.227 e. The van der Waals surface area contributed by atoms with Gasteiger partial charge in [-0.05, 0) is 18.1 Å². The molecule has 0 aliphatic heterocycles. The number of hydrogen-bond acceptors (Lipinski definition) is 2. The van der Waals surface area contributed by atoms with Gasteiger partial charge in [0, 0.05) is 24.5 Å². The van der Waals surface area contributed by atoms with E-state index >= 15 is 0 Å². The van der Waals surface area contributed by atoms with Gasteiger partial charge in [-0.3, -0.25) is 9.36 Å². The van der Waals surface area contributed by atoms with Crippen molar-refractivity contribution in [2.24, 2.45) is 5.73 Å². The molecular formula is C16H23ClN2O. The number of halogens is 1. The monoisotopic (exact) mass is 294 g/mol. The molecule has 0 bridgehead atoms. The van der Waals surface area contributed by atoms with Gasteiger partial charge in [0.25, 0.3) is 0 Å². The Hall–Kier alpha value is -1.32. The average molecular weight is 295 g/mol. The predicted molar refractivity (Wildman–Crippen MR) is 86.6 cm³/mol. The summed E-state index contributed by atoms with van der Waals surface area (Å²) in [5, 5.41) is 1.10. The Kier molecular flexibility index (Phi) is 6.24. The molecule has 1 aromatic heterocycles. The normalized spacial score (nSPS) is 12.2. The minimum atomic E-state index is 0. The van der Waals surface area contributed by atoms with E-state index in [1.54, 1.807) is 11.5 Å². The third-order valence-corrected chi connectivity index (χ3v) is 3.60. The molecule has 3 nitrogen and oxygen atoms in total. The maximum atomic E-state index is 11.7. The molecule has 1 atom stereocenters. The van der Waals surface area contributed by atoms with E-state index in [-0.39, 0.29) is 24.4 Å². The van der Waals surface area contributed by atoms with Crippen molar-refractivity contribution in [3.8, 4) is 0 Å². The van der Waals surface area contributed by atoms with Crippen LogP contribution in [0.2, 0.25) is 0 Å². The van der Waals surface area contributed by atoms with Gasteiger partial charge in [0.1, 0.15) is 0 Å². The summed E-state index contributed by atoms with van der Waals surface area (Å²) in [5.41, 5.74) is 8.33. The molecule has 110 valence electrons. The molecule has 0 spiro atoms. The lowest BCUT2D eigenvalue weighted by molar-refractivity contribution is 0.0941. The zero-order chi connectivity index (χ0) is 13.8. The molecule has 0 amide bonds. The standard InChI is InChI=1S/C16H22N2O.ClH/c1-3-4-5-9-15(17)14-11-18(12(2)19)16-10-7-6-8-13(14)16;/h6-8,10-11,15H,3-5,9,17H2,1-2H3;1H/t15-;/m1./s1. The van der Waals surface area contributed by atoms with Crippen LogP contribution in [-0.2, 0) is 0 Å². The molecule has 2 aromatic rings.